The minimum atomic E-state index is -0.962. The van der Waals surface area contributed by atoms with Crippen LogP contribution >= 0.6 is 11.6 Å². The van der Waals surface area contributed by atoms with E-state index in [9.17, 15) is 8.78 Å². The van der Waals surface area contributed by atoms with Crippen LogP contribution in [-0.2, 0) is 0 Å². The van der Waals surface area contributed by atoms with Crippen molar-refractivity contribution in [3.05, 3.63) is 40.8 Å². The molecule has 1 aromatic heterocycles. The smallest absolute Gasteiger partial charge is 0.159 e. The van der Waals surface area contributed by atoms with Gasteiger partial charge in [0.25, 0.3) is 0 Å². The molecular weight excluding hydrogens is 236 g/mol. The number of benzene rings is 1. The maximum absolute atomic E-state index is 13.0. The summed E-state index contributed by atoms with van der Waals surface area (Å²) in [7, 11) is 0. The fourth-order valence-corrected chi connectivity index (χ4v) is 1.47. The summed E-state index contributed by atoms with van der Waals surface area (Å²) in [6, 6.07) is 3.37. The number of hydrogen-bond donors (Lipinski definition) is 0. The number of aryl methyl sites for hydroxylation is 1. The Balaban J connectivity index is 2.54. The van der Waals surface area contributed by atoms with Crippen LogP contribution in [0.2, 0.25) is 5.15 Å². The summed E-state index contributed by atoms with van der Waals surface area (Å²) in [6.07, 6.45) is 0. The van der Waals surface area contributed by atoms with Crippen LogP contribution in [0.4, 0.5) is 8.78 Å². The summed E-state index contributed by atoms with van der Waals surface area (Å²) >= 11 is 5.83. The SMILES string of the molecule is Cc1nnc(-c2ccc(F)c(F)c2)c(Cl)n1. The van der Waals surface area contributed by atoms with Crippen LogP contribution < -0.4 is 0 Å². The molecule has 82 valence electrons. The van der Waals surface area contributed by atoms with Crippen LogP contribution in [0.1, 0.15) is 5.82 Å². The van der Waals surface area contributed by atoms with Gasteiger partial charge < -0.3 is 0 Å². The molecule has 3 nitrogen and oxygen atoms in total. The molecule has 0 saturated heterocycles. The highest BCUT2D eigenvalue weighted by atomic mass is 35.5. The standard InChI is InChI=1S/C10H6ClF2N3/c1-5-14-10(11)9(16-15-5)6-2-3-7(12)8(13)4-6/h2-4H,1H3. The van der Waals surface area contributed by atoms with Crippen LogP contribution in [0.5, 0.6) is 0 Å². The summed E-state index contributed by atoms with van der Waals surface area (Å²) in [4.78, 5) is 3.88. The zero-order valence-corrected chi connectivity index (χ0v) is 8.96. The molecule has 0 saturated carbocycles. The number of nitrogens with zero attached hydrogens (tertiary/aromatic N) is 3. The van der Waals surface area contributed by atoms with E-state index in [-0.39, 0.29) is 10.8 Å². The Hall–Kier alpha value is -1.62. The van der Waals surface area contributed by atoms with Gasteiger partial charge in [-0.3, -0.25) is 0 Å². The summed E-state index contributed by atoms with van der Waals surface area (Å²) < 4.78 is 25.7. The topological polar surface area (TPSA) is 38.7 Å². The molecule has 0 aliphatic rings. The van der Waals surface area contributed by atoms with Crippen molar-refractivity contribution in [1.29, 1.82) is 0 Å². The molecule has 0 amide bonds. The van der Waals surface area contributed by atoms with Crippen molar-refractivity contribution in [2.24, 2.45) is 0 Å². The average molecular weight is 242 g/mol. The summed E-state index contributed by atoms with van der Waals surface area (Å²) in [5, 5.41) is 7.60. The van der Waals surface area contributed by atoms with Gasteiger partial charge in [0.1, 0.15) is 11.5 Å². The van der Waals surface area contributed by atoms with Crippen LogP contribution in [0, 0.1) is 18.6 Å². The van der Waals surface area contributed by atoms with Crippen LogP contribution in [0.25, 0.3) is 11.3 Å². The highest BCUT2D eigenvalue weighted by molar-refractivity contribution is 6.31. The van der Waals surface area contributed by atoms with Gasteiger partial charge in [-0.2, -0.15) is 0 Å². The van der Waals surface area contributed by atoms with Crippen molar-refractivity contribution >= 4 is 11.6 Å². The van der Waals surface area contributed by atoms with E-state index in [0.29, 0.717) is 11.4 Å². The first-order valence-electron chi connectivity index (χ1n) is 4.40. The second-order valence-electron chi connectivity index (χ2n) is 3.13. The van der Waals surface area contributed by atoms with E-state index in [1.807, 2.05) is 0 Å². The Morgan fingerprint density at radius 3 is 2.50 bits per heavy atom. The van der Waals surface area contributed by atoms with Crippen molar-refractivity contribution < 1.29 is 8.78 Å². The van der Waals surface area contributed by atoms with Crippen molar-refractivity contribution in [3.8, 4) is 11.3 Å². The highest BCUT2D eigenvalue weighted by Gasteiger charge is 2.10. The van der Waals surface area contributed by atoms with E-state index in [4.69, 9.17) is 11.6 Å². The predicted octanol–water partition coefficient (Wildman–Crippen LogP) is 2.78. The van der Waals surface area contributed by atoms with Crippen LogP contribution in [-0.4, -0.2) is 15.2 Å². The van der Waals surface area contributed by atoms with Crippen molar-refractivity contribution in [2.45, 2.75) is 6.92 Å². The third-order valence-corrected chi connectivity index (χ3v) is 2.21. The quantitative estimate of drug-likeness (QED) is 0.771. The van der Waals surface area contributed by atoms with Crippen molar-refractivity contribution in [1.82, 2.24) is 15.2 Å². The fraction of sp³-hybridized carbons (Fsp3) is 0.100. The first-order valence-corrected chi connectivity index (χ1v) is 4.78. The molecule has 0 aliphatic carbocycles. The predicted molar refractivity (Wildman–Crippen MR) is 54.9 cm³/mol. The molecular formula is C10H6ClF2N3. The largest absolute Gasteiger partial charge is 0.217 e. The lowest BCUT2D eigenvalue weighted by atomic mass is 10.1. The monoisotopic (exact) mass is 241 g/mol. The van der Waals surface area contributed by atoms with E-state index < -0.39 is 11.6 Å². The van der Waals surface area contributed by atoms with Gasteiger partial charge in [0.2, 0.25) is 0 Å². The molecule has 16 heavy (non-hydrogen) atoms. The third-order valence-electron chi connectivity index (χ3n) is 1.94. The number of aromatic nitrogens is 3. The lowest BCUT2D eigenvalue weighted by Gasteiger charge is -2.02. The maximum atomic E-state index is 13.0. The Morgan fingerprint density at radius 2 is 1.88 bits per heavy atom. The lowest BCUT2D eigenvalue weighted by Crippen LogP contribution is -1.96. The van der Waals surface area contributed by atoms with Gasteiger partial charge in [-0.15, -0.1) is 10.2 Å². The van der Waals surface area contributed by atoms with E-state index in [1.165, 1.54) is 6.07 Å². The second kappa shape index (κ2) is 4.09. The lowest BCUT2D eigenvalue weighted by molar-refractivity contribution is 0.509. The molecule has 2 aromatic rings. The normalized spacial score (nSPS) is 10.5. The van der Waals surface area contributed by atoms with Gasteiger partial charge in [0.15, 0.2) is 16.8 Å². The first kappa shape index (κ1) is 10.9. The fourth-order valence-electron chi connectivity index (χ4n) is 1.20. The molecule has 1 heterocycles. The summed E-state index contributed by atoms with van der Waals surface area (Å²) in [6.45, 7) is 1.63. The molecule has 0 atom stereocenters. The highest BCUT2D eigenvalue weighted by Crippen LogP contribution is 2.24. The molecule has 1 aromatic carbocycles. The summed E-state index contributed by atoms with van der Waals surface area (Å²) in [5.41, 5.74) is 0.565. The van der Waals surface area contributed by atoms with Crippen molar-refractivity contribution in [2.75, 3.05) is 0 Å². The maximum Gasteiger partial charge on any atom is 0.159 e. The average Bonchev–Trinajstić information content (AvgIpc) is 2.22. The Morgan fingerprint density at radius 1 is 1.12 bits per heavy atom. The molecule has 0 fully saturated rings. The Labute approximate surface area is 95.1 Å². The zero-order valence-electron chi connectivity index (χ0n) is 8.21. The first-order chi connectivity index (χ1) is 7.58. The van der Waals surface area contributed by atoms with Crippen molar-refractivity contribution in [3.63, 3.8) is 0 Å². The van der Waals surface area contributed by atoms with E-state index in [0.717, 1.165) is 12.1 Å². The van der Waals surface area contributed by atoms with Gasteiger partial charge in [-0.05, 0) is 25.1 Å². The van der Waals surface area contributed by atoms with E-state index >= 15 is 0 Å². The molecule has 0 bridgehead atoms. The van der Waals surface area contributed by atoms with Gasteiger partial charge in [-0.25, -0.2) is 13.8 Å². The summed E-state index contributed by atoms with van der Waals surface area (Å²) in [5.74, 6) is -1.47. The number of rotatable bonds is 1. The molecule has 0 spiro atoms. The Bertz CT molecular complexity index is 546. The number of hydrogen-bond acceptors (Lipinski definition) is 3. The minimum Gasteiger partial charge on any atom is -0.217 e. The molecule has 2 rings (SSSR count). The molecule has 6 heteroatoms. The molecule has 0 radical (unpaired) electrons. The van der Waals surface area contributed by atoms with E-state index in [2.05, 4.69) is 15.2 Å². The molecule has 0 N–H and O–H groups in total. The van der Waals surface area contributed by atoms with Gasteiger partial charge in [0, 0.05) is 5.56 Å². The van der Waals surface area contributed by atoms with Crippen LogP contribution in [0.3, 0.4) is 0 Å². The van der Waals surface area contributed by atoms with Gasteiger partial charge >= 0.3 is 0 Å². The second-order valence-corrected chi connectivity index (χ2v) is 3.49. The van der Waals surface area contributed by atoms with Gasteiger partial charge in [0.05, 0.1) is 0 Å². The van der Waals surface area contributed by atoms with Gasteiger partial charge in [-0.1, -0.05) is 11.6 Å². The Kier molecular flexibility index (Phi) is 2.78. The molecule has 0 aliphatic heterocycles. The molecule has 0 unspecified atom stereocenters. The number of halogens is 3. The third kappa shape index (κ3) is 1.99. The van der Waals surface area contributed by atoms with E-state index in [1.54, 1.807) is 6.92 Å². The van der Waals surface area contributed by atoms with Crippen LogP contribution in [0.15, 0.2) is 18.2 Å². The zero-order chi connectivity index (χ0) is 11.7. The minimum absolute atomic E-state index is 0.110.